The van der Waals surface area contributed by atoms with Crippen molar-refractivity contribution < 1.29 is 14.3 Å². The van der Waals surface area contributed by atoms with E-state index in [1.54, 1.807) is 36.4 Å². The molecule has 0 spiro atoms. The molecular weight excluding hydrogens is 433 g/mol. The molecule has 0 bridgehead atoms. The van der Waals surface area contributed by atoms with Gasteiger partial charge in [0.1, 0.15) is 5.82 Å². The maximum Gasteiger partial charge on any atom is 0.338 e. The number of hydrogen-bond donors (Lipinski definition) is 1. The number of carboxylic acids is 1. The predicted molar refractivity (Wildman–Crippen MR) is 130 cm³/mol. The zero-order chi connectivity index (χ0) is 23.7. The van der Waals surface area contributed by atoms with Crippen molar-refractivity contribution in [1.29, 1.82) is 0 Å². The number of piperidine rings is 2. The monoisotopic (exact) mass is 463 g/mol. The summed E-state index contributed by atoms with van der Waals surface area (Å²) in [7, 11) is 0. The van der Waals surface area contributed by atoms with Gasteiger partial charge < -0.3 is 10.0 Å². The van der Waals surface area contributed by atoms with Crippen molar-refractivity contribution in [2.24, 2.45) is 0 Å². The Kier molecular flexibility index (Phi) is 6.48. The lowest BCUT2D eigenvalue weighted by Crippen LogP contribution is -2.46. The van der Waals surface area contributed by atoms with Crippen molar-refractivity contribution in [3.05, 3.63) is 76.0 Å². The topological polar surface area (TPSA) is 65.8 Å². The Morgan fingerprint density at radius 3 is 2.24 bits per heavy atom. The molecule has 3 aromatic rings. The minimum absolute atomic E-state index is 0.0663. The quantitative estimate of drug-likeness (QED) is 0.612. The summed E-state index contributed by atoms with van der Waals surface area (Å²) in [5.41, 5.74) is 0.0807. The highest BCUT2D eigenvalue weighted by atomic mass is 19.1. The van der Waals surface area contributed by atoms with Gasteiger partial charge in [-0.3, -0.25) is 14.3 Å². The van der Waals surface area contributed by atoms with Gasteiger partial charge in [0.25, 0.3) is 5.56 Å². The Bertz CT molecular complexity index is 1260. The molecule has 2 fully saturated rings. The maximum atomic E-state index is 14.9. The van der Waals surface area contributed by atoms with Gasteiger partial charge in [0.15, 0.2) is 0 Å². The smallest absolute Gasteiger partial charge is 0.338 e. The number of fused-ring (bicyclic) bond motifs is 1. The van der Waals surface area contributed by atoms with E-state index in [2.05, 4.69) is 9.80 Å². The van der Waals surface area contributed by atoms with E-state index in [0.717, 1.165) is 39.0 Å². The van der Waals surface area contributed by atoms with Crippen LogP contribution < -0.4 is 5.56 Å². The van der Waals surface area contributed by atoms with Crippen molar-refractivity contribution in [2.75, 3.05) is 26.2 Å². The first-order valence-corrected chi connectivity index (χ1v) is 12.2. The van der Waals surface area contributed by atoms with Gasteiger partial charge in [-0.25, -0.2) is 9.18 Å². The standard InChI is InChI=1S/C27H30FN3O3/c28-22-10-4-5-11-23(22)31-24(25(27(33)34)20-8-2-3-9-21(20)26(31)32)18-29-16-12-19(13-17-29)30-14-6-1-7-15-30/h2-5,8-11,19H,1,6-7,12-18H2,(H,33,34). The third kappa shape index (κ3) is 4.26. The number of aromatic nitrogens is 1. The molecule has 0 atom stereocenters. The first-order chi connectivity index (χ1) is 16.5. The van der Waals surface area contributed by atoms with E-state index in [4.69, 9.17) is 0 Å². The minimum Gasteiger partial charge on any atom is -0.478 e. The largest absolute Gasteiger partial charge is 0.478 e. The first kappa shape index (κ1) is 22.7. The number of rotatable bonds is 5. The molecule has 1 N–H and O–H groups in total. The Morgan fingerprint density at radius 1 is 0.912 bits per heavy atom. The second-order valence-corrected chi connectivity index (χ2v) is 9.37. The third-order valence-corrected chi connectivity index (χ3v) is 7.33. The highest BCUT2D eigenvalue weighted by molar-refractivity contribution is 6.04. The summed E-state index contributed by atoms with van der Waals surface area (Å²) in [6.45, 7) is 4.23. The van der Waals surface area contributed by atoms with Gasteiger partial charge >= 0.3 is 5.97 Å². The summed E-state index contributed by atoms with van der Waals surface area (Å²) in [6.07, 6.45) is 5.85. The molecule has 2 aliphatic rings. The Hall–Kier alpha value is -3.03. The first-order valence-electron chi connectivity index (χ1n) is 12.2. The van der Waals surface area contributed by atoms with Crippen LogP contribution in [0.3, 0.4) is 0 Å². The van der Waals surface area contributed by atoms with Crippen LogP contribution >= 0.6 is 0 Å². The lowest BCUT2D eigenvalue weighted by atomic mass is 9.98. The Balaban J connectivity index is 1.55. The van der Waals surface area contributed by atoms with E-state index in [-0.39, 0.29) is 23.2 Å². The number of likely N-dealkylation sites (tertiary alicyclic amines) is 2. The molecule has 7 heteroatoms. The van der Waals surface area contributed by atoms with Gasteiger partial charge in [-0.15, -0.1) is 0 Å². The fraction of sp³-hybridized carbons (Fsp3) is 0.407. The molecule has 0 radical (unpaired) electrons. The van der Waals surface area contributed by atoms with Gasteiger partial charge in [-0.2, -0.15) is 0 Å². The van der Waals surface area contributed by atoms with Crippen LogP contribution in [-0.2, 0) is 6.54 Å². The zero-order valence-electron chi connectivity index (χ0n) is 19.3. The zero-order valence-corrected chi connectivity index (χ0v) is 19.3. The Labute approximate surface area is 198 Å². The van der Waals surface area contributed by atoms with Crippen molar-refractivity contribution in [3.8, 4) is 5.69 Å². The summed E-state index contributed by atoms with van der Waals surface area (Å²) in [5.74, 6) is -1.67. The number of pyridine rings is 1. The molecule has 3 heterocycles. The predicted octanol–water partition coefficient (Wildman–Crippen LogP) is 4.28. The number of nitrogens with zero attached hydrogens (tertiary/aromatic N) is 3. The normalized spacial score (nSPS) is 18.4. The highest BCUT2D eigenvalue weighted by Crippen LogP contribution is 2.27. The average Bonchev–Trinajstić information content (AvgIpc) is 2.86. The summed E-state index contributed by atoms with van der Waals surface area (Å²) in [5, 5.41) is 10.9. The van der Waals surface area contributed by atoms with E-state index < -0.39 is 17.3 Å². The molecule has 2 saturated heterocycles. The molecule has 2 aliphatic heterocycles. The van der Waals surface area contributed by atoms with Gasteiger partial charge in [0, 0.05) is 36.4 Å². The van der Waals surface area contributed by atoms with Crippen LogP contribution in [-0.4, -0.2) is 57.7 Å². The SMILES string of the molecule is O=C(O)c1c(CN2CCC(N3CCCCC3)CC2)n(-c2ccccc2F)c(=O)c2ccccc12. The number of aromatic carboxylic acids is 1. The van der Waals surface area contributed by atoms with Gasteiger partial charge in [0.2, 0.25) is 0 Å². The molecule has 0 saturated carbocycles. The molecule has 34 heavy (non-hydrogen) atoms. The van der Waals surface area contributed by atoms with E-state index in [9.17, 15) is 19.1 Å². The molecule has 0 unspecified atom stereocenters. The average molecular weight is 464 g/mol. The maximum absolute atomic E-state index is 14.9. The lowest BCUT2D eigenvalue weighted by molar-refractivity contribution is 0.0690. The molecule has 5 rings (SSSR count). The molecule has 2 aromatic carbocycles. The number of carbonyl (C=O) groups is 1. The summed E-state index contributed by atoms with van der Waals surface area (Å²) in [6, 6.07) is 13.3. The lowest BCUT2D eigenvalue weighted by Gasteiger charge is -2.40. The highest BCUT2D eigenvalue weighted by Gasteiger charge is 2.29. The second kappa shape index (κ2) is 9.68. The minimum atomic E-state index is -1.11. The second-order valence-electron chi connectivity index (χ2n) is 9.37. The molecule has 0 amide bonds. The number of halogens is 1. The molecular formula is C27H30FN3O3. The van der Waals surface area contributed by atoms with Crippen molar-refractivity contribution in [1.82, 2.24) is 14.4 Å². The van der Waals surface area contributed by atoms with Crippen molar-refractivity contribution in [2.45, 2.75) is 44.7 Å². The van der Waals surface area contributed by atoms with Crippen LogP contribution in [0.5, 0.6) is 0 Å². The Morgan fingerprint density at radius 2 is 1.56 bits per heavy atom. The van der Waals surface area contributed by atoms with E-state index in [1.165, 1.54) is 36.0 Å². The van der Waals surface area contributed by atoms with Crippen LogP contribution in [0, 0.1) is 5.82 Å². The van der Waals surface area contributed by atoms with Crippen molar-refractivity contribution >= 4 is 16.7 Å². The number of hydrogen-bond acceptors (Lipinski definition) is 4. The summed E-state index contributed by atoms with van der Waals surface area (Å²) in [4.78, 5) is 30.8. The number of carboxylic acid groups (broad SMARTS) is 1. The summed E-state index contributed by atoms with van der Waals surface area (Å²) >= 11 is 0. The fourth-order valence-electron chi connectivity index (χ4n) is 5.61. The fourth-order valence-corrected chi connectivity index (χ4v) is 5.61. The molecule has 6 nitrogen and oxygen atoms in total. The van der Waals surface area contributed by atoms with Crippen molar-refractivity contribution in [3.63, 3.8) is 0 Å². The number of benzene rings is 2. The van der Waals surface area contributed by atoms with E-state index in [0.29, 0.717) is 17.1 Å². The van der Waals surface area contributed by atoms with Crippen LogP contribution in [0.4, 0.5) is 4.39 Å². The third-order valence-electron chi connectivity index (χ3n) is 7.33. The van der Waals surface area contributed by atoms with Gasteiger partial charge in [0.05, 0.1) is 16.9 Å². The van der Waals surface area contributed by atoms with Crippen LogP contribution in [0.1, 0.15) is 48.2 Å². The molecule has 0 aliphatic carbocycles. The van der Waals surface area contributed by atoms with Crippen LogP contribution in [0.15, 0.2) is 53.3 Å². The van der Waals surface area contributed by atoms with Gasteiger partial charge in [-0.1, -0.05) is 36.8 Å². The van der Waals surface area contributed by atoms with E-state index in [1.807, 2.05) is 0 Å². The van der Waals surface area contributed by atoms with E-state index >= 15 is 0 Å². The molecule has 1 aromatic heterocycles. The summed E-state index contributed by atoms with van der Waals surface area (Å²) < 4.78 is 16.2. The van der Waals surface area contributed by atoms with Crippen LogP contribution in [0.2, 0.25) is 0 Å². The van der Waals surface area contributed by atoms with Crippen LogP contribution in [0.25, 0.3) is 16.5 Å². The van der Waals surface area contributed by atoms with Gasteiger partial charge in [-0.05, 0) is 57.0 Å². The number of para-hydroxylation sites is 1. The molecule has 178 valence electrons.